The maximum absolute atomic E-state index is 15.8. The van der Waals surface area contributed by atoms with E-state index in [9.17, 15) is 5.11 Å². The molecule has 0 amide bonds. The minimum Gasteiger partial charge on any atom is -0.393 e. The zero-order chi connectivity index (χ0) is 24.7. The number of alkyl halides is 1. The number of aliphatic hydroxyl groups excluding tert-OH is 1. The number of rotatable bonds is 5. The van der Waals surface area contributed by atoms with Crippen molar-refractivity contribution in [1.29, 1.82) is 0 Å². The van der Waals surface area contributed by atoms with Crippen LogP contribution in [0.2, 0.25) is 0 Å². The van der Waals surface area contributed by atoms with E-state index < -0.39 is 6.17 Å². The van der Waals surface area contributed by atoms with Crippen LogP contribution in [0.1, 0.15) is 104 Å². The first kappa shape index (κ1) is 26.2. The second-order valence-corrected chi connectivity index (χ2v) is 13.5. The van der Waals surface area contributed by atoms with E-state index in [0.717, 1.165) is 55.3 Å². The molecule has 5 rings (SSSR count). The second-order valence-electron chi connectivity index (χ2n) is 13.5. The number of hydrogen-bond donors (Lipinski definition) is 1. The average molecular weight is 489 g/mol. The number of likely N-dealkylation sites (N-methyl/N-ethyl adjacent to an activating group) is 1. The van der Waals surface area contributed by atoms with Crippen molar-refractivity contribution in [3.8, 4) is 0 Å². The van der Waals surface area contributed by atoms with E-state index in [1.165, 1.54) is 57.8 Å². The van der Waals surface area contributed by atoms with Gasteiger partial charge < -0.3 is 5.11 Å². The van der Waals surface area contributed by atoms with Crippen molar-refractivity contribution in [3.63, 3.8) is 0 Å². The molecule has 0 aromatic heterocycles. The molecule has 200 valence electrons. The molecular formula is C31H53FN2O. The normalized spacial score (nSPS) is 48.6. The Morgan fingerprint density at radius 2 is 1.71 bits per heavy atom. The molecule has 35 heavy (non-hydrogen) atoms. The first-order chi connectivity index (χ1) is 16.9. The van der Waals surface area contributed by atoms with Crippen molar-refractivity contribution >= 4 is 0 Å². The molecule has 0 aromatic rings. The molecule has 1 saturated heterocycles. The van der Waals surface area contributed by atoms with Gasteiger partial charge in [-0.25, -0.2) is 4.39 Å². The lowest BCUT2D eigenvalue weighted by molar-refractivity contribution is -0.0483. The molecule has 0 bridgehead atoms. The molecule has 1 N–H and O–H groups in total. The minimum atomic E-state index is -0.726. The van der Waals surface area contributed by atoms with Gasteiger partial charge >= 0.3 is 0 Å². The molecule has 4 fully saturated rings. The van der Waals surface area contributed by atoms with Crippen molar-refractivity contribution in [2.24, 2.45) is 35.5 Å². The lowest BCUT2D eigenvalue weighted by atomic mass is 9.60. The van der Waals surface area contributed by atoms with E-state index in [2.05, 4.69) is 42.8 Å². The van der Waals surface area contributed by atoms with E-state index in [-0.39, 0.29) is 18.3 Å². The zero-order valence-corrected chi connectivity index (χ0v) is 23.0. The van der Waals surface area contributed by atoms with Crippen LogP contribution in [-0.2, 0) is 0 Å². The van der Waals surface area contributed by atoms with Crippen LogP contribution < -0.4 is 0 Å². The van der Waals surface area contributed by atoms with E-state index in [1.54, 1.807) is 0 Å². The third-order valence-corrected chi connectivity index (χ3v) is 11.6. The van der Waals surface area contributed by atoms with Crippen molar-refractivity contribution in [3.05, 3.63) is 12.2 Å². The molecule has 12 atom stereocenters. The van der Waals surface area contributed by atoms with E-state index in [0.29, 0.717) is 18.0 Å². The summed E-state index contributed by atoms with van der Waals surface area (Å²) in [5.74, 6) is 4.69. The van der Waals surface area contributed by atoms with Crippen LogP contribution in [0.15, 0.2) is 12.2 Å². The summed E-state index contributed by atoms with van der Waals surface area (Å²) in [6.45, 7) is 6.93. The lowest BCUT2D eigenvalue weighted by Crippen LogP contribution is -2.57. The van der Waals surface area contributed by atoms with Gasteiger partial charge in [0.2, 0.25) is 0 Å². The van der Waals surface area contributed by atoms with Crippen molar-refractivity contribution in [1.82, 2.24) is 9.80 Å². The fourth-order valence-electron chi connectivity index (χ4n) is 9.58. The molecule has 0 aromatic carbocycles. The Morgan fingerprint density at radius 1 is 0.914 bits per heavy atom. The van der Waals surface area contributed by atoms with Crippen LogP contribution in [-0.4, -0.2) is 58.5 Å². The summed E-state index contributed by atoms with van der Waals surface area (Å²) in [7, 11) is 2.23. The SMILES string of the molecule is CC(O)CC1N(C)C2CCCC(F)C2N1C1CC(C2CCCC(C)C2C)CCC1C1CC=CCC1. The van der Waals surface area contributed by atoms with Crippen LogP contribution in [0.3, 0.4) is 0 Å². The molecule has 1 heterocycles. The van der Waals surface area contributed by atoms with Crippen molar-refractivity contribution in [2.75, 3.05) is 7.05 Å². The smallest absolute Gasteiger partial charge is 0.117 e. The summed E-state index contributed by atoms with van der Waals surface area (Å²) in [5, 5.41) is 10.5. The number of fused-ring (bicyclic) bond motifs is 1. The van der Waals surface area contributed by atoms with Gasteiger partial charge in [0, 0.05) is 18.5 Å². The molecule has 4 aliphatic carbocycles. The fraction of sp³-hybridized carbons (Fsp3) is 0.935. The van der Waals surface area contributed by atoms with E-state index in [4.69, 9.17) is 0 Å². The highest BCUT2D eigenvalue weighted by Gasteiger charge is 2.55. The van der Waals surface area contributed by atoms with Gasteiger partial charge in [-0.2, -0.15) is 0 Å². The molecule has 3 saturated carbocycles. The third kappa shape index (κ3) is 5.15. The van der Waals surface area contributed by atoms with Gasteiger partial charge in [0.1, 0.15) is 6.17 Å². The molecule has 0 spiro atoms. The highest BCUT2D eigenvalue weighted by molar-refractivity contribution is 5.09. The maximum Gasteiger partial charge on any atom is 0.117 e. The van der Waals surface area contributed by atoms with Crippen molar-refractivity contribution < 1.29 is 9.50 Å². The predicted octanol–water partition coefficient (Wildman–Crippen LogP) is 6.80. The fourth-order valence-corrected chi connectivity index (χ4v) is 9.58. The van der Waals surface area contributed by atoms with Crippen LogP contribution in [0.4, 0.5) is 4.39 Å². The summed E-state index contributed by atoms with van der Waals surface area (Å²) in [6, 6.07) is 0.793. The Hall–Kier alpha value is -0.450. The monoisotopic (exact) mass is 488 g/mol. The van der Waals surface area contributed by atoms with Gasteiger partial charge in [0.15, 0.2) is 0 Å². The number of aliphatic hydroxyl groups is 1. The Kier molecular flexibility index (Phi) is 8.31. The lowest BCUT2D eigenvalue weighted by Gasteiger charge is -2.52. The van der Waals surface area contributed by atoms with Gasteiger partial charge in [0.05, 0.1) is 18.3 Å². The number of nitrogens with zero attached hydrogens (tertiary/aromatic N) is 2. The number of hydrogen-bond acceptors (Lipinski definition) is 3. The van der Waals surface area contributed by atoms with Gasteiger partial charge in [-0.1, -0.05) is 38.8 Å². The van der Waals surface area contributed by atoms with Crippen LogP contribution in [0.25, 0.3) is 0 Å². The first-order valence-electron chi connectivity index (χ1n) is 15.3. The topological polar surface area (TPSA) is 26.7 Å². The highest BCUT2D eigenvalue weighted by atomic mass is 19.1. The molecule has 1 aliphatic heterocycles. The van der Waals surface area contributed by atoms with E-state index in [1.807, 2.05) is 6.92 Å². The van der Waals surface area contributed by atoms with Gasteiger partial charge in [-0.3, -0.25) is 9.80 Å². The second kappa shape index (κ2) is 11.1. The molecule has 4 heteroatoms. The van der Waals surface area contributed by atoms with Crippen molar-refractivity contribution in [2.45, 2.75) is 141 Å². The molecule has 3 nitrogen and oxygen atoms in total. The van der Waals surface area contributed by atoms with Crippen LogP contribution in [0.5, 0.6) is 0 Å². The maximum atomic E-state index is 15.8. The Labute approximate surface area is 214 Å². The first-order valence-corrected chi connectivity index (χ1v) is 15.3. The number of halogens is 1. The quantitative estimate of drug-likeness (QED) is 0.431. The van der Waals surface area contributed by atoms with Crippen LogP contribution >= 0.6 is 0 Å². The molecule has 12 unspecified atom stereocenters. The molecule has 5 aliphatic rings. The summed E-state index contributed by atoms with van der Waals surface area (Å²) in [4.78, 5) is 5.18. The summed E-state index contributed by atoms with van der Waals surface area (Å²) >= 11 is 0. The highest BCUT2D eigenvalue weighted by Crippen LogP contribution is 2.51. The average Bonchev–Trinajstić information content (AvgIpc) is 3.13. The third-order valence-electron chi connectivity index (χ3n) is 11.6. The standard InChI is InChI=1S/C31H53FN2O/c1-20-10-8-13-25(22(20)3)24-16-17-26(23-11-6-5-7-12-23)29(19-24)34-30(18-21(2)35)33(4)28-15-9-14-27(32)31(28)34/h5-6,20-31,35H,7-19H2,1-4H3. The Morgan fingerprint density at radius 3 is 2.46 bits per heavy atom. The van der Waals surface area contributed by atoms with Gasteiger partial charge in [-0.15, -0.1) is 0 Å². The van der Waals surface area contributed by atoms with Gasteiger partial charge in [-0.05, 0) is 114 Å². The molecular weight excluding hydrogens is 435 g/mol. The zero-order valence-electron chi connectivity index (χ0n) is 23.0. The number of allylic oxidation sites excluding steroid dienone is 2. The predicted molar refractivity (Wildman–Crippen MR) is 143 cm³/mol. The van der Waals surface area contributed by atoms with Crippen LogP contribution in [0, 0.1) is 35.5 Å². The van der Waals surface area contributed by atoms with E-state index >= 15 is 4.39 Å². The largest absolute Gasteiger partial charge is 0.393 e. The summed E-state index contributed by atoms with van der Waals surface area (Å²) in [5.41, 5.74) is 0. The summed E-state index contributed by atoms with van der Waals surface area (Å²) in [6.07, 6.45) is 19.3. The Balaban J connectivity index is 1.48. The molecule has 0 radical (unpaired) electrons. The Bertz CT molecular complexity index is 727. The van der Waals surface area contributed by atoms with Gasteiger partial charge in [0.25, 0.3) is 0 Å². The summed E-state index contributed by atoms with van der Waals surface area (Å²) < 4.78 is 15.8. The minimum absolute atomic E-state index is 0.0191.